The van der Waals surface area contributed by atoms with Gasteiger partial charge in [-0.2, -0.15) is 0 Å². The molecule has 0 fully saturated rings. The molecule has 10 heteroatoms. The van der Waals surface area contributed by atoms with Crippen LogP contribution in [-0.4, -0.2) is 50.2 Å². The van der Waals surface area contributed by atoms with E-state index >= 15 is 0 Å². The summed E-state index contributed by atoms with van der Waals surface area (Å²) in [5, 5.41) is 19.2. The molecule has 1 aromatic carbocycles. The third kappa shape index (κ3) is 7.36. The summed E-state index contributed by atoms with van der Waals surface area (Å²) in [4.78, 5) is 40.1. The van der Waals surface area contributed by atoms with Gasteiger partial charge in [0.05, 0.1) is 6.20 Å². The average molecular weight is 430 g/mol. The van der Waals surface area contributed by atoms with Crippen LogP contribution < -0.4 is 10.9 Å². The van der Waals surface area contributed by atoms with Crippen LogP contribution in [0.4, 0.5) is 4.79 Å². The molecule has 2 aromatic rings. The van der Waals surface area contributed by atoms with Crippen molar-refractivity contribution in [3.05, 3.63) is 59.4 Å². The molecule has 0 radical (unpaired) electrons. The zero-order chi connectivity index (χ0) is 23.0. The van der Waals surface area contributed by atoms with Crippen molar-refractivity contribution in [3.63, 3.8) is 0 Å². The van der Waals surface area contributed by atoms with Crippen LogP contribution in [0, 0.1) is 0 Å². The molecular weight excluding hydrogens is 404 g/mol. The Labute approximate surface area is 179 Å². The number of nitrogens with zero attached hydrogens (tertiary/aromatic N) is 2. The Morgan fingerprint density at radius 2 is 1.87 bits per heavy atom. The number of carbonyl (C=O) groups excluding carboxylic acids is 3. The Balaban J connectivity index is 2.18. The van der Waals surface area contributed by atoms with Crippen molar-refractivity contribution < 1.29 is 29.4 Å². The normalized spacial score (nSPS) is 12.0. The number of pyridine rings is 1. The molecule has 0 spiro atoms. The van der Waals surface area contributed by atoms with Gasteiger partial charge in [-0.25, -0.2) is 20.7 Å². The monoisotopic (exact) mass is 430 g/mol. The van der Waals surface area contributed by atoms with E-state index in [0.717, 1.165) is 10.6 Å². The number of aldehydes is 1. The molecule has 10 nitrogen and oxygen atoms in total. The quantitative estimate of drug-likeness (QED) is 0.283. The van der Waals surface area contributed by atoms with Crippen LogP contribution in [-0.2, 0) is 22.5 Å². The number of hydroxylamine groups is 1. The molecule has 0 aliphatic carbocycles. The van der Waals surface area contributed by atoms with E-state index in [1.54, 1.807) is 44.5 Å². The summed E-state index contributed by atoms with van der Waals surface area (Å²) in [6.45, 7) is 5.30. The zero-order valence-electron chi connectivity index (χ0n) is 17.5. The second-order valence-corrected chi connectivity index (χ2v) is 7.74. The minimum absolute atomic E-state index is 0.00754. The predicted molar refractivity (Wildman–Crippen MR) is 110 cm³/mol. The van der Waals surface area contributed by atoms with E-state index in [0.29, 0.717) is 12.0 Å². The Morgan fingerprint density at radius 3 is 2.39 bits per heavy atom. The molecule has 0 aliphatic heterocycles. The van der Waals surface area contributed by atoms with Crippen LogP contribution in [0.2, 0.25) is 0 Å². The molecule has 2 rings (SSSR count). The van der Waals surface area contributed by atoms with Crippen LogP contribution >= 0.6 is 0 Å². The molecule has 1 atom stereocenters. The number of hydrogen-bond donors (Lipinski definition) is 4. The number of ether oxygens (including phenoxy) is 1. The standard InChI is InChI=1S/C21H26N4O6/c1-21(2,3)31-20(29)25(17(13-26)10-16-8-9-18(27)12-22-16)23-11-14-4-6-15(7-5-14)19(28)24-30/h4-9,12-13,17,23,27,30H,10-11H2,1-3H3,(H,24,28). The Bertz CT molecular complexity index is 894. The number of nitrogens with one attached hydrogen (secondary N) is 2. The molecule has 1 aromatic heterocycles. The van der Waals surface area contributed by atoms with E-state index < -0.39 is 23.6 Å². The minimum Gasteiger partial charge on any atom is -0.506 e. The summed E-state index contributed by atoms with van der Waals surface area (Å²) >= 11 is 0. The lowest BCUT2D eigenvalue weighted by atomic mass is 10.1. The van der Waals surface area contributed by atoms with E-state index in [2.05, 4.69) is 10.4 Å². The van der Waals surface area contributed by atoms with Crippen molar-refractivity contribution in [2.75, 3.05) is 0 Å². The van der Waals surface area contributed by atoms with E-state index in [4.69, 9.17) is 9.94 Å². The van der Waals surface area contributed by atoms with Crippen molar-refractivity contribution in [3.8, 4) is 5.75 Å². The SMILES string of the molecule is CC(C)(C)OC(=O)N(NCc1ccc(C(=O)NO)cc1)C(C=O)Cc1ccc(O)cn1. The first-order chi connectivity index (χ1) is 14.6. The molecule has 166 valence electrons. The Morgan fingerprint density at radius 1 is 1.19 bits per heavy atom. The number of carbonyl (C=O) groups is 3. The summed E-state index contributed by atoms with van der Waals surface area (Å²) < 4.78 is 5.42. The van der Waals surface area contributed by atoms with E-state index in [1.165, 1.54) is 24.4 Å². The van der Waals surface area contributed by atoms with E-state index in [9.17, 15) is 19.5 Å². The lowest BCUT2D eigenvalue weighted by Crippen LogP contribution is -2.52. The molecule has 1 unspecified atom stereocenters. The van der Waals surface area contributed by atoms with Crippen LogP contribution in [0.5, 0.6) is 5.75 Å². The van der Waals surface area contributed by atoms with Crippen molar-refractivity contribution in [2.24, 2.45) is 0 Å². The third-order valence-electron chi connectivity index (χ3n) is 4.08. The van der Waals surface area contributed by atoms with Gasteiger partial charge in [0.1, 0.15) is 23.7 Å². The maximum absolute atomic E-state index is 12.7. The topological polar surface area (TPSA) is 141 Å². The summed E-state index contributed by atoms with van der Waals surface area (Å²) in [5.41, 5.74) is 5.16. The molecule has 2 amide bonds. The van der Waals surface area contributed by atoms with Gasteiger partial charge in [-0.1, -0.05) is 12.1 Å². The maximum Gasteiger partial charge on any atom is 0.425 e. The summed E-state index contributed by atoms with van der Waals surface area (Å²) in [6.07, 6.45) is 1.23. The summed E-state index contributed by atoms with van der Waals surface area (Å²) in [5.74, 6) is -0.649. The minimum atomic E-state index is -0.925. The van der Waals surface area contributed by atoms with Crippen LogP contribution in [0.3, 0.4) is 0 Å². The molecular formula is C21H26N4O6. The Kier molecular flexibility index (Phi) is 8.06. The summed E-state index contributed by atoms with van der Waals surface area (Å²) in [7, 11) is 0. The van der Waals surface area contributed by atoms with Crippen LogP contribution in [0.15, 0.2) is 42.6 Å². The largest absolute Gasteiger partial charge is 0.506 e. The molecule has 31 heavy (non-hydrogen) atoms. The van der Waals surface area contributed by atoms with Gasteiger partial charge in [-0.15, -0.1) is 0 Å². The smallest absolute Gasteiger partial charge is 0.425 e. The van der Waals surface area contributed by atoms with Crippen molar-refractivity contribution in [1.29, 1.82) is 0 Å². The molecule has 0 saturated heterocycles. The Hall–Kier alpha value is -3.50. The predicted octanol–water partition coefficient (Wildman–Crippen LogP) is 1.96. The number of aromatic nitrogens is 1. The molecule has 1 heterocycles. The highest BCUT2D eigenvalue weighted by Crippen LogP contribution is 2.14. The maximum atomic E-state index is 12.7. The van der Waals surface area contributed by atoms with E-state index in [-0.39, 0.29) is 24.3 Å². The highest BCUT2D eigenvalue weighted by molar-refractivity contribution is 5.93. The number of rotatable bonds is 8. The second-order valence-electron chi connectivity index (χ2n) is 7.74. The fourth-order valence-corrected chi connectivity index (χ4v) is 2.60. The van der Waals surface area contributed by atoms with Gasteiger partial charge in [0.2, 0.25) is 0 Å². The third-order valence-corrected chi connectivity index (χ3v) is 4.08. The van der Waals surface area contributed by atoms with E-state index in [1.807, 2.05) is 0 Å². The zero-order valence-corrected chi connectivity index (χ0v) is 17.5. The van der Waals surface area contributed by atoms with Gasteiger partial charge in [0, 0.05) is 24.2 Å². The first kappa shape index (κ1) is 23.8. The summed E-state index contributed by atoms with van der Waals surface area (Å²) in [6, 6.07) is 8.38. The fourth-order valence-electron chi connectivity index (χ4n) is 2.60. The number of benzene rings is 1. The van der Waals surface area contributed by atoms with Crippen LogP contribution in [0.25, 0.3) is 0 Å². The number of hydrazine groups is 1. The second kappa shape index (κ2) is 10.5. The fraction of sp³-hybridized carbons (Fsp3) is 0.333. The molecule has 0 saturated carbocycles. The molecule has 0 aliphatic rings. The highest BCUT2D eigenvalue weighted by atomic mass is 16.6. The van der Waals surface area contributed by atoms with Crippen molar-refractivity contribution in [1.82, 2.24) is 20.9 Å². The first-order valence-electron chi connectivity index (χ1n) is 9.51. The first-order valence-corrected chi connectivity index (χ1v) is 9.51. The van der Waals surface area contributed by atoms with Crippen molar-refractivity contribution in [2.45, 2.75) is 45.4 Å². The van der Waals surface area contributed by atoms with Gasteiger partial charge in [0.25, 0.3) is 5.91 Å². The lowest BCUT2D eigenvalue weighted by Gasteiger charge is -2.31. The van der Waals surface area contributed by atoms with Gasteiger partial charge in [0.15, 0.2) is 0 Å². The molecule has 0 bridgehead atoms. The van der Waals surface area contributed by atoms with Gasteiger partial charge in [-0.05, 0) is 50.6 Å². The lowest BCUT2D eigenvalue weighted by molar-refractivity contribution is -0.113. The van der Waals surface area contributed by atoms with Gasteiger partial charge >= 0.3 is 6.09 Å². The van der Waals surface area contributed by atoms with Crippen LogP contribution in [0.1, 0.15) is 42.4 Å². The van der Waals surface area contributed by atoms with Gasteiger partial charge < -0.3 is 14.6 Å². The highest BCUT2D eigenvalue weighted by Gasteiger charge is 2.29. The van der Waals surface area contributed by atoms with Crippen molar-refractivity contribution >= 4 is 18.3 Å². The van der Waals surface area contributed by atoms with Gasteiger partial charge in [-0.3, -0.25) is 15.0 Å². The molecule has 4 N–H and O–H groups in total. The number of aromatic hydroxyl groups is 1. The number of amides is 2. The number of hydrogen-bond acceptors (Lipinski definition) is 8. The average Bonchev–Trinajstić information content (AvgIpc) is 2.73.